The number of alkyl halides is 3. The molecule has 0 radical (unpaired) electrons. The number of amides is 2. The lowest BCUT2D eigenvalue weighted by atomic mass is 9.95. The highest BCUT2D eigenvalue weighted by atomic mass is 32.1. The largest absolute Gasteiger partial charge is 0.435 e. The molecule has 2 heterocycles. The van der Waals surface area contributed by atoms with Gasteiger partial charge in [-0.05, 0) is 63.4 Å². The van der Waals surface area contributed by atoms with Gasteiger partial charge in [0.2, 0.25) is 5.91 Å². The zero-order chi connectivity index (χ0) is 22.2. The molecule has 2 aliphatic rings. The molecule has 2 amide bonds. The summed E-state index contributed by atoms with van der Waals surface area (Å²) < 4.78 is 41.3. The van der Waals surface area contributed by atoms with Crippen LogP contribution in [0.4, 0.5) is 18.2 Å². The maximum Gasteiger partial charge on any atom is 0.435 e. The van der Waals surface area contributed by atoms with Gasteiger partial charge in [-0.25, -0.2) is 0 Å². The topological polar surface area (TPSA) is 90.0 Å². The Labute approximate surface area is 182 Å². The molecule has 0 bridgehead atoms. The number of nitrogens with two attached hydrogens (primary N) is 1. The third kappa shape index (κ3) is 4.49. The molecule has 0 saturated heterocycles. The van der Waals surface area contributed by atoms with Crippen LogP contribution in [0.5, 0.6) is 0 Å². The first-order valence-corrected chi connectivity index (χ1v) is 11.5. The number of aryl methyl sites for hydroxylation is 2. The Bertz CT molecular complexity index is 1010. The predicted molar refractivity (Wildman–Crippen MR) is 111 cm³/mol. The van der Waals surface area contributed by atoms with Gasteiger partial charge in [-0.2, -0.15) is 18.3 Å². The average molecular weight is 455 g/mol. The van der Waals surface area contributed by atoms with Crippen molar-refractivity contribution >= 4 is 28.2 Å². The van der Waals surface area contributed by atoms with Gasteiger partial charge in [-0.3, -0.25) is 14.3 Å². The van der Waals surface area contributed by atoms with Gasteiger partial charge in [0, 0.05) is 29.1 Å². The van der Waals surface area contributed by atoms with E-state index in [1.165, 1.54) is 16.0 Å². The third-order valence-electron chi connectivity index (χ3n) is 5.97. The number of nitrogens with zero attached hydrogens (tertiary/aromatic N) is 2. The molecule has 0 atom stereocenters. The second kappa shape index (κ2) is 8.64. The molecule has 0 aliphatic heterocycles. The minimum absolute atomic E-state index is 0.122. The fourth-order valence-corrected chi connectivity index (χ4v) is 5.89. The van der Waals surface area contributed by atoms with Crippen LogP contribution in [-0.4, -0.2) is 21.6 Å². The molecule has 168 valence electrons. The number of carbonyl (C=O) groups is 2. The number of aromatic nitrogens is 2. The zero-order valence-electron chi connectivity index (χ0n) is 17.1. The Morgan fingerprint density at radius 2 is 1.74 bits per heavy atom. The minimum Gasteiger partial charge on any atom is -0.365 e. The molecule has 0 fully saturated rings. The average Bonchev–Trinajstić information content (AvgIpc) is 3.26. The van der Waals surface area contributed by atoms with E-state index in [9.17, 15) is 22.8 Å². The lowest BCUT2D eigenvalue weighted by molar-refractivity contribution is -0.142. The normalized spacial score (nSPS) is 16.0. The highest BCUT2D eigenvalue weighted by molar-refractivity contribution is 7.17. The Morgan fingerprint density at radius 3 is 2.45 bits per heavy atom. The summed E-state index contributed by atoms with van der Waals surface area (Å²) in [6.45, 7) is 0.245. The molecule has 3 N–H and O–H groups in total. The van der Waals surface area contributed by atoms with Gasteiger partial charge < -0.3 is 11.1 Å². The van der Waals surface area contributed by atoms with Crippen molar-refractivity contribution in [2.75, 3.05) is 5.32 Å². The summed E-state index contributed by atoms with van der Waals surface area (Å²) >= 11 is 1.40. The molecule has 6 nitrogen and oxygen atoms in total. The number of thiophene rings is 1. The molecule has 10 heteroatoms. The van der Waals surface area contributed by atoms with Crippen LogP contribution in [-0.2, 0) is 43.2 Å². The molecule has 0 spiro atoms. The molecule has 0 saturated carbocycles. The smallest absolute Gasteiger partial charge is 0.365 e. The number of nitrogens with one attached hydrogen (secondary N) is 1. The van der Waals surface area contributed by atoms with Crippen LogP contribution < -0.4 is 11.1 Å². The fraction of sp³-hybridized carbons (Fsp3) is 0.571. The number of carbonyl (C=O) groups excluding carboxylic acids is 2. The monoisotopic (exact) mass is 454 g/mol. The van der Waals surface area contributed by atoms with Crippen LogP contribution in [0.1, 0.15) is 76.3 Å². The van der Waals surface area contributed by atoms with Crippen molar-refractivity contribution in [1.82, 2.24) is 9.78 Å². The van der Waals surface area contributed by atoms with Crippen molar-refractivity contribution in [3.05, 3.63) is 33.0 Å². The first-order chi connectivity index (χ1) is 14.8. The van der Waals surface area contributed by atoms with Crippen LogP contribution in [0.2, 0.25) is 0 Å². The van der Waals surface area contributed by atoms with E-state index in [-0.39, 0.29) is 18.9 Å². The third-order valence-corrected chi connectivity index (χ3v) is 7.18. The number of primary amides is 1. The van der Waals surface area contributed by atoms with Crippen LogP contribution in [0.3, 0.4) is 0 Å². The number of anilines is 1. The fourth-order valence-electron chi connectivity index (χ4n) is 4.58. The molecule has 0 unspecified atom stereocenters. The predicted octanol–water partition coefficient (Wildman–Crippen LogP) is 4.24. The van der Waals surface area contributed by atoms with Crippen LogP contribution in [0.15, 0.2) is 0 Å². The minimum atomic E-state index is -4.46. The van der Waals surface area contributed by atoms with Gasteiger partial charge in [0.1, 0.15) is 5.00 Å². The van der Waals surface area contributed by atoms with Gasteiger partial charge in [0.05, 0.1) is 5.56 Å². The highest BCUT2D eigenvalue weighted by Crippen LogP contribution is 2.38. The summed E-state index contributed by atoms with van der Waals surface area (Å²) in [5.41, 5.74) is 7.06. The summed E-state index contributed by atoms with van der Waals surface area (Å²) in [7, 11) is 0. The van der Waals surface area contributed by atoms with Crippen LogP contribution >= 0.6 is 11.3 Å². The van der Waals surface area contributed by atoms with Gasteiger partial charge >= 0.3 is 6.18 Å². The molecular formula is C21H25F3N4O2S. The summed E-state index contributed by atoms with van der Waals surface area (Å²) in [6, 6.07) is 0. The lowest BCUT2D eigenvalue weighted by Gasteiger charge is -2.14. The number of hydrogen-bond donors (Lipinski definition) is 2. The first-order valence-electron chi connectivity index (χ1n) is 10.7. The SMILES string of the molecule is NC(=O)c1c(NC(=O)CCCn2nc(C(F)(F)F)c3c2CCCC3)sc2c1CCCC2. The van der Waals surface area contributed by atoms with Crippen molar-refractivity contribution in [3.63, 3.8) is 0 Å². The molecule has 2 aromatic heterocycles. The molecule has 4 rings (SSSR count). The van der Waals surface area contributed by atoms with Crippen LogP contribution in [0.25, 0.3) is 0 Å². The Kier molecular flexibility index (Phi) is 6.09. The molecule has 0 aromatic carbocycles. The van der Waals surface area contributed by atoms with E-state index in [0.717, 1.165) is 49.0 Å². The number of fused-ring (bicyclic) bond motifs is 2. The molecular weight excluding hydrogens is 429 g/mol. The summed E-state index contributed by atoms with van der Waals surface area (Å²) in [5.74, 6) is -0.823. The highest BCUT2D eigenvalue weighted by Gasteiger charge is 2.39. The number of rotatable bonds is 6. The second-order valence-electron chi connectivity index (χ2n) is 8.13. The van der Waals surface area contributed by atoms with Crippen molar-refractivity contribution in [2.45, 2.75) is 76.9 Å². The van der Waals surface area contributed by atoms with E-state index >= 15 is 0 Å². The van der Waals surface area contributed by atoms with Gasteiger partial charge in [0.15, 0.2) is 5.69 Å². The summed E-state index contributed by atoms with van der Waals surface area (Å²) in [6.07, 6.45) is 2.26. The quantitative estimate of drug-likeness (QED) is 0.684. The first kappa shape index (κ1) is 21.9. The molecule has 2 aliphatic carbocycles. The Morgan fingerprint density at radius 1 is 1.06 bits per heavy atom. The Balaban J connectivity index is 1.41. The van der Waals surface area contributed by atoms with E-state index in [1.54, 1.807) is 0 Å². The van der Waals surface area contributed by atoms with Crippen LogP contribution in [0, 0.1) is 0 Å². The van der Waals surface area contributed by atoms with Gasteiger partial charge in [-0.1, -0.05) is 0 Å². The maximum absolute atomic E-state index is 13.3. The number of hydrogen-bond acceptors (Lipinski definition) is 4. The van der Waals surface area contributed by atoms with E-state index in [1.807, 2.05) is 0 Å². The van der Waals surface area contributed by atoms with E-state index in [2.05, 4.69) is 10.4 Å². The maximum atomic E-state index is 13.3. The van der Waals surface area contributed by atoms with Crippen molar-refractivity contribution in [1.29, 1.82) is 0 Å². The van der Waals surface area contributed by atoms with Crippen molar-refractivity contribution < 1.29 is 22.8 Å². The van der Waals surface area contributed by atoms with Gasteiger partial charge in [-0.15, -0.1) is 11.3 Å². The van der Waals surface area contributed by atoms with E-state index in [4.69, 9.17) is 5.73 Å². The van der Waals surface area contributed by atoms with Crippen molar-refractivity contribution in [3.8, 4) is 0 Å². The zero-order valence-corrected chi connectivity index (χ0v) is 17.9. The summed E-state index contributed by atoms with van der Waals surface area (Å²) in [4.78, 5) is 25.5. The molecule has 31 heavy (non-hydrogen) atoms. The standard InChI is InChI=1S/C21H25F3N4O2S/c22-21(23,24)18-12-6-1-3-8-14(12)28(27-18)11-5-10-16(29)26-20-17(19(25)30)13-7-2-4-9-15(13)31-20/h1-11H2,(H2,25,30)(H,26,29). The molecule has 2 aromatic rings. The van der Waals surface area contributed by atoms with E-state index < -0.39 is 17.8 Å². The number of halogens is 3. The summed E-state index contributed by atoms with van der Waals surface area (Å²) in [5, 5.41) is 7.11. The second-order valence-corrected chi connectivity index (χ2v) is 9.24. The van der Waals surface area contributed by atoms with Gasteiger partial charge in [0.25, 0.3) is 5.91 Å². The Hall–Kier alpha value is -2.36. The van der Waals surface area contributed by atoms with Crippen molar-refractivity contribution in [2.24, 2.45) is 5.73 Å². The lowest BCUT2D eigenvalue weighted by Crippen LogP contribution is -2.19. The van der Waals surface area contributed by atoms with E-state index in [0.29, 0.717) is 41.1 Å².